The molecular formula is C13H10ClN3O. The molecule has 90 valence electrons. The Morgan fingerprint density at radius 3 is 2.83 bits per heavy atom. The molecule has 5 heteroatoms. The lowest BCUT2D eigenvalue weighted by Crippen LogP contribution is -2.01. The predicted molar refractivity (Wildman–Crippen MR) is 67.3 cm³/mol. The molecule has 0 spiro atoms. The van der Waals surface area contributed by atoms with E-state index in [9.17, 15) is 0 Å². The second kappa shape index (κ2) is 5.48. The summed E-state index contributed by atoms with van der Waals surface area (Å²) < 4.78 is 5.53. The molecule has 0 bridgehead atoms. The van der Waals surface area contributed by atoms with Gasteiger partial charge in [0.2, 0.25) is 0 Å². The Morgan fingerprint density at radius 2 is 2.17 bits per heavy atom. The summed E-state index contributed by atoms with van der Waals surface area (Å²) in [6, 6.07) is 7.10. The molecule has 1 heterocycles. The number of hydrogen-bond donors (Lipinski definition) is 0. The Labute approximate surface area is 110 Å². The van der Waals surface area contributed by atoms with Gasteiger partial charge in [0, 0.05) is 6.20 Å². The number of hydrogen-bond acceptors (Lipinski definition) is 4. The second-order valence-electron chi connectivity index (χ2n) is 3.66. The Hall–Kier alpha value is -2.12. The molecule has 0 saturated heterocycles. The van der Waals surface area contributed by atoms with Crippen LogP contribution in [0.25, 0.3) is 0 Å². The van der Waals surface area contributed by atoms with Crippen molar-refractivity contribution >= 4 is 11.6 Å². The van der Waals surface area contributed by atoms with Gasteiger partial charge in [-0.05, 0) is 19.1 Å². The first kappa shape index (κ1) is 12.3. The van der Waals surface area contributed by atoms with E-state index in [1.165, 1.54) is 0 Å². The summed E-state index contributed by atoms with van der Waals surface area (Å²) in [6.45, 7) is 2.12. The second-order valence-corrected chi connectivity index (χ2v) is 4.07. The summed E-state index contributed by atoms with van der Waals surface area (Å²) in [5.74, 6) is 0.451. The average molecular weight is 260 g/mol. The highest BCUT2D eigenvalue weighted by Crippen LogP contribution is 2.25. The minimum Gasteiger partial charge on any atom is -0.486 e. The molecule has 1 aromatic heterocycles. The van der Waals surface area contributed by atoms with Crippen LogP contribution in [0, 0.1) is 18.3 Å². The third kappa shape index (κ3) is 2.76. The maximum Gasteiger partial charge on any atom is 0.139 e. The highest BCUT2D eigenvalue weighted by atomic mass is 35.5. The topological polar surface area (TPSA) is 58.8 Å². The number of aromatic nitrogens is 2. The molecule has 0 saturated carbocycles. The van der Waals surface area contributed by atoms with Crippen molar-refractivity contribution in [3.8, 4) is 11.8 Å². The standard InChI is InChI=1S/C13H10ClN3O/c1-9-6-17-10(7-16-9)8-18-13-4-2-3-12(14)11(13)5-15/h2-4,6-7H,8H2,1H3. The highest BCUT2D eigenvalue weighted by Gasteiger charge is 2.07. The zero-order valence-corrected chi connectivity index (χ0v) is 10.5. The number of benzene rings is 1. The molecule has 1 aromatic carbocycles. The molecule has 0 atom stereocenters. The van der Waals surface area contributed by atoms with Crippen LogP contribution in [0.15, 0.2) is 30.6 Å². The van der Waals surface area contributed by atoms with Gasteiger partial charge in [-0.2, -0.15) is 5.26 Å². The van der Waals surface area contributed by atoms with E-state index in [0.717, 1.165) is 5.69 Å². The zero-order chi connectivity index (χ0) is 13.0. The first-order valence-corrected chi connectivity index (χ1v) is 5.67. The van der Waals surface area contributed by atoms with Crippen LogP contribution >= 0.6 is 11.6 Å². The molecule has 0 radical (unpaired) electrons. The largest absolute Gasteiger partial charge is 0.486 e. The zero-order valence-electron chi connectivity index (χ0n) is 9.72. The summed E-state index contributed by atoms with van der Waals surface area (Å²) in [6.07, 6.45) is 3.31. The maximum atomic E-state index is 8.99. The van der Waals surface area contributed by atoms with Gasteiger partial charge in [-0.3, -0.25) is 9.97 Å². The molecule has 2 rings (SSSR count). The van der Waals surface area contributed by atoms with Crippen molar-refractivity contribution < 1.29 is 4.74 Å². The Balaban J connectivity index is 2.14. The van der Waals surface area contributed by atoms with E-state index < -0.39 is 0 Å². The van der Waals surface area contributed by atoms with Crippen molar-refractivity contribution in [2.75, 3.05) is 0 Å². The lowest BCUT2D eigenvalue weighted by molar-refractivity contribution is 0.300. The number of rotatable bonds is 3. The normalized spacial score (nSPS) is 9.83. The van der Waals surface area contributed by atoms with Crippen molar-refractivity contribution in [3.63, 3.8) is 0 Å². The third-order valence-electron chi connectivity index (χ3n) is 2.30. The van der Waals surface area contributed by atoms with Crippen LogP contribution in [-0.4, -0.2) is 9.97 Å². The number of nitriles is 1. The van der Waals surface area contributed by atoms with Gasteiger partial charge in [0.1, 0.15) is 24.0 Å². The van der Waals surface area contributed by atoms with Crippen LogP contribution in [0.2, 0.25) is 5.02 Å². The maximum absolute atomic E-state index is 8.99. The van der Waals surface area contributed by atoms with Crippen LogP contribution in [-0.2, 0) is 6.61 Å². The van der Waals surface area contributed by atoms with Crippen LogP contribution in [0.5, 0.6) is 5.75 Å². The fourth-order valence-corrected chi connectivity index (χ4v) is 1.59. The number of nitrogens with zero attached hydrogens (tertiary/aromatic N) is 3. The summed E-state index contributed by atoms with van der Waals surface area (Å²) in [5.41, 5.74) is 1.88. The molecular weight excluding hydrogens is 250 g/mol. The summed E-state index contributed by atoms with van der Waals surface area (Å²) in [4.78, 5) is 8.29. The summed E-state index contributed by atoms with van der Waals surface area (Å²) >= 11 is 5.90. The highest BCUT2D eigenvalue weighted by molar-refractivity contribution is 6.31. The Kier molecular flexibility index (Phi) is 3.75. The molecule has 0 fully saturated rings. The third-order valence-corrected chi connectivity index (χ3v) is 2.61. The molecule has 0 unspecified atom stereocenters. The summed E-state index contributed by atoms with van der Waals surface area (Å²) in [5, 5.41) is 9.37. The molecule has 4 nitrogen and oxygen atoms in total. The predicted octanol–water partition coefficient (Wildman–Crippen LogP) is 2.89. The average Bonchev–Trinajstić information content (AvgIpc) is 2.38. The van der Waals surface area contributed by atoms with Gasteiger partial charge in [0.15, 0.2) is 0 Å². The van der Waals surface area contributed by atoms with Crippen molar-refractivity contribution in [1.82, 2.24) is 9.97 Å². The van der Waals surface area contributed by atoms with Crippen molar-refractivity contribution in [2.24, 2.45) is 0 Å². The molecule has 0 aliphatic carbocycles. The molecule has 2 aromatic rings. The monoisotopic (exact) mass is 259 g/mol. The fourth-order valence-electron chi connectivity index (χ4n) is 1.38. The minimum atomic E-state index is 0.252. The first-order valence-electron chi connectivity index (χ1n) is 5.29. The van der Waals surface area contributed by atoms with Crippen LogP contribution in [0.1, 0.15) is 17.0 Å². The molecule has 0 aliphatic heterocycles. The number of halogens is 1. The minimum absolute atomic E-state index is 0.252. The van der Waals surface area contributed by atoms with Gasteiger partial charge in [0.05, 0.1) is 22.6 Å². The van der Waals surface area contributed by atoms with Crippen molar-refractivity contribution in [3.05, 3.63) is 52.6 Å². The van der Waals surface area contributed by atoms with Gasteiger partial charge in [0.25, 0.3) is 0 Å². The van der Waals surface area contributed by atoms with Crippen molar-refractivity contribution in [2.45, 2.75) is 13.5 Å². The van der Waals surface area contributed by atoms with E-state index in [-0.39, 0.29) is 6.61 Å². The quantitative estimate of drug-likeness (QED) is 0.850. The lowest BCUT2D eigenvalue weighted by atomic mass is 10.2. The van der Waals surface area contributed by atoms with E-state index in [1.54, 1.807) is 30.6 Å². The number of aryl methyl sites for hydroxylation is 1. The van der Waals surface area contributed by atoms with E-state index in [1.807, 2.05) is 13.0 Å². The van der Waals surface area contributed by atoms with Crippen LogP contribution in [0.4, 0.5) is 0 Å². The van der Waals surface area contributed by atoms with Crippen LogP contribution in [0.3, 0.4) is 0 Å². The Morgan fingerprint density at radius 1 is 1.33 bits per heavy atom. The van der Waals surface area contributed by atoms with E-state index in [0.29, 0.717) is 22.0 Å². The van der Waals surface area contributed by atoms with Gasteiger partial charge in [-0.1, -0.05) is 17.7 Å². The number of ether oxygens (including phenoxy) is 1. The molecule has 0 aliphatic rings. The Bertz CT molecular complexity index is 590. The van der Waals surface area contributed by atoms with Crippen molar-refractivity contribution in [1.29, 1.82) is 5.26 Å². The van der Waals surface area contributed by atoms with Gasteiger partial charge in [-0.25, -0.2) is 0 Å². The summed E-state index contributed by atoms with van der Waals surface area (Å²) in [7, 11) is 0. The van der Waals surface area contributed by atoms with E-state index >= 15 is 0 Å². The van der Waals surface area contributed by atoms with Gasteiger partial charge in [-0.15, -0.1) is 0 Å². The van der Waals surface area contributed by atoms with Crippen LogP contribution < -0.4 is 4.74 Å². The molecule has 18 heavy (non-hydrogen) atoms. The SMILES string of the molecule is Cc1cnc(COc2cccc(Cl)c2C#N)cn1. The van der Waals surface area contributed by atoms with Gasteiger partial charge >= 0.3 is 0 Å². The fraction of sp³-hybridized carbons (Fsp3) is 0.154. The van der Waals surface area contributed by atoms with E-state index in [2.05, 4.69) is 9.97 Å². The smallest absolute Gasteiger partial charge is 0.139 e. The molecule has 0 amide bonds. The first-order chi connectivity index (χ1) is 8.70. The lowest BCUT2D eigenvalue weighted by Gasteiger charge is -2.07. The molecule has 0 N–H and O–H groups in total. The van der Waals surface area contributed by atoms with E-state index in [4.69, 9.17) is 21.6 Å². The van der Waals surface area contributed by atoms with Gasteiger partial charge < -0.3 is 4.74 Å².